The second-order valence-electron chi connectivity index (χ2n) is 5.12. The van der Waals surface area contributed by atoms with Crippen molar-refractivity contribution in [3.63, 3.8) is 0 Å². The number of aromatic nitrogens is 1. The fourth-order valence-corrected chi connectivity index (χ4v) is 2.43. The lowest BCUT2D eigenvalue weighted by molar-refractivity contribution is 1.31. The first kappa shape index (κ1) is 12.6. The van der Waals surface area contributed by atoms with Crippen LogP contribution in [0.2, 0.25) is 0 Å². The highest BCUT2D eigenvalue weighted by Gasteiger charge is 2.03. The van der Waals surface area contributed by atoms with E-state index in [0.717, 1.165) is 5.69 Å². The van der Waals surface area contributed by atoms with Gasteiger partial charge in [0.2, 0.25) is 0 Å². The summed E-state index contributed by atoms with van der Waals surface area (Å²) in [6, 6.07) is 21.1. The van der Waals surface area contributed by atoms with Gasteiger partial charge < -0.3 is 0 Å². The number of benzene rings is 2. The van der Waals surface area contributed by atoms with Crippen LogP contribution in [0, 0.1) is 13.8 Å². The highest BCUT2D eigenvalue weighted by Crippen LogP contribution is 2.25. The number of nitrogens with zero attached hydrogens (tertiary/aromatic N) is 1. The Hall–Kier alpha value is -2.41. The van der Waals surface area contributed by atoms with Crippen LogP contribution in [0.15, 0.2) is 66.9 Å². The smallest absolute Gasteiger partial charge is 0.0702 e. The van der Waals surface area contributed by atoms with Gasteiger partial charge in [0.05, 0.1) is 5.69 Å². The van der Waals surface area contributed by atoms with Crippen LogP contribution < -0.4 is 0 Å². The topological polar surface area (TPSA) is 12.9 Å². The molecule has 0 aliphatic carbocycles. The molecule has 0 aliphatic rings. The Morgan fingerprint density at radius 2 is 1.60 bits per heavy atom. The second-order valence-corrected chi connectivity index (χ2v) is 5.12. The van der Waals surface area contributed by atoms with Crippen molar-refractivity contribution in [2.45, 2.75) is 13.8 Å². The Bertz CT molecular complexity index is 727. The summed E-state index contributed by atoms with van der Waals surface area (Å²) in [5.41, 5.74) is 7.13. The molecule has 0 spiro atoms. The van der Waals surface area contributed by atoms with Crippen LogP contribution in [0.25, 0.3) is 22.4 Å². The van der Waals surface area contributed by atoms with Crippen molar-refractivity contribution in [3.8, 4) is 22.4 Å². The van der Waals surface area contributed by atoms with Crippen LogP contribution in [0.3, 0.4) is 0 Å². The molecule has 0 N–H and O–H groups in total. The van der Waals surface area contributed by atoms with E-state index in [0.29, 0.717) is 0 Å². The molecule has 1 nitrogen and oxygen atoms in total. The van der Waals surface area contributed by atoms with Gasteiger partial charge in [0.15, 0.2) is 0 Å². The van der Waals surface area contributed by atoms with E-state index in [1.807, 2.05) is 6.20 Å². The van der Waals surface area contributed by atoms with Gasteiger partial charge in [-0.3, -0.25) is 4.98 Å². The zero-order chi connectivity index (χ0) is 13.9. The highest BCUT2D eigenvalue weighted by atomic mass is 14.7. The van der Waals surface area contributed by atoms with Crippen LogP contribution >= 0.6 is 0 Å². The number of pyridine rings is 1. The molecule has 0 amide bonds. The standard InChI is InChI=1S/C19H17N/c1-14-6-5-8-16(12-14)19-11-10-17(13-20-19)18-9-4-3-7-15(18)2/h3-13H,1-2H3. The highest BCUT2D eigenvalue weighted by molar-refractivity contribution is 5.69. The lowest BCUT2D eigenvalue weighted by atomic mass is 10.0. The van der Waals surface area contributed by atoms with E-state index in [1.165, 1.54) is 27.8 Å². The van der Waals surface area contributed by atoms with Gasteiger partial charge in [0, 0.05) is 17.3 Å². The van der Waals surface area contributed by atoms with Crippen molar-refractivity contribution < 1.29 is 0 Å². The first-order chi connectivity index (χ1) is 9.74. The fourth-order valence-electron chi connectivity index (χ4n) is 2.43. The van der Waals surface area contributed by atoms with E-state index < -0.39 is 0 Å². The molecule has 0 saturated heterocycles. The maximum Gasteiger partial charge on any atom is 0.0702 e. The van der Waals surface area contributed by atoms with Gasteiger partial charge in [-0.05, 0) is 37.1 Å². The summed E-state index contributed by atoms with van der Waals surface area (Å²) in [5, 5.41) is 0. The molecule has 0 saturated carbocycles. The summed E-state index contributed by atoms with van der Waals surface area (Å²) in [5.74, 6) is 0. The molecule has 2 aromatic carbocycles. The quantitative estimate of drug-likeness (QED) is 0.628. The zero-order valence-corrected chi connectivity index (χ0v) is 11.8. The average Bonchev–Trinajstić information content (AvgIpc) is 2.48. The molecule has 3 aromatic rings. The van der Waals surface area contributed by atoms with Crippen LogP contribution in [0.1, 0.15) is 11.1 Å². The molecule has 3 rings (SSSR count). The van der Waals surface area contributed by atoms with E-state index >= 15 is 0 Å². The minimum Gasteiger partial charge on any atom is -0.256 e. The van der Waals surface area contributed by atoms with Crippen LogP contribution in [-0.2, 0) is 0 Å². The SMILES string of the molecule is Cc1cccc(-c2ccc(-c3ccccc3C)cn2)c1. The van der Waals surface area contributed by atoms with Crippen molar-refractivity contribution in [1.29, 1.82) is 0 Å². The lowest BCUT2D eigenvalue weighted by Gasteiger charge is -2.07. The first-order valence-electron chi connectivity index (χ1n) is 6.83. The largest absolute Gasteiger partial charge is 0.256 e. The van der Waals surface area contributed by atoms with Gasteiger partial charge in [-0.1, -0.05) is 54.1 Å². The molecule has 0 unspecified atom stereocenters. The molecule has 20 heavy (non-hydrogen) atoms. The molecule has 1 heteroatoms. The third kappa shape index (κ3) is 2.48. The van der Waals surface area contributed by atoms with Gasteiger partial charge in [-0.25, -0.2) is 0 Å². The molecule has 0 fully saturated rings. The molecular formula is C19H17N. The number of aryl methyl sites for hydroxylation is 2. The molecule has 0 atom stereocenters. The Kier molecular flexibility index (Phi) is 3.34. The third-order valence-electron chi connectivity index (χ3n) is 3.53. The number of hydrogen-bond acceptors (Lipinski definition) is 1. The molecule has 1 heterocycles. The van der Waals surface area contributed by atoms with Crippen molar-refractivity contribution in [3.05, 3.63) is 78.0 Å². The van der Waals surface area contributed by atoms with Gasteiger partial charge in [-0.15, -0.1) is 0 Å². The third-order valence-corrected chi connectivity index (χ3v) is 3.53. The molecule has 0 bridgehead atoms. The zero-order valence-electron chi connectivity index (χ0n) is 11.8. The monoisotopic (exact) mass is 259 g/mol. The van der Waals surface area contributed by atoms with E-state index in [4.69, 9.17) is 0 Å². The van der Waals surface area contributed by atoms with Gasteiger partial charge in [-0.2, -0.15) is 0 Å². The maximum absolute atomic E-state index is 4.61. The second kappa shape index (κ2) is 5.30. The van der Waals surface area contributed by atoms with Gasteiger partial charge in [0.25, 0.3) is 0 Å². The Morgan fingerprint density at radius 1 is 0.750 bits per heavy atom. The normalized spacial score (nSPS) is 10.5. The van der Waals surface area contributed by atoms with E-state index in [9.17, 15) is 0 Å². The van der Waals surface area contributed by atoms with Crippen molar-refractivity contribution in [1.82, 2.24) is 4.98 Å². The van der Waals surface area contributed by atoms with Crippen molar-refractivity contribution in [2.75, 3.05) is 0 Å². The summed E-state index contributed by atoms with van der Waals surface area (Å²) in [6.07, 6.45) is 1.96. The molecule has 1 aromatic heterocycles. The van der Waals surface area contributed by atoms with E-state index in [-0.39, 0.29) is 0 Å². The number of hydrogen-bond donors (Lipinski definition) is 0. The Balaban J connectivity index is 1.98. The van der Waals surface area contributed by atoms with Crippen molar-refractivity contribution >= 4 is 0 Å². The summed E-state index contributed by atoms with van der Waals surface area (Å²) in [7, 11) is 0. The fraction of sp³-hybridized carbons (Fsp3) is 0.105. The van der Waals surface area contributed by atoms with E-state index in [1.54, 1.807) is 0 Å². The van der Waals surface area contributed by atoms with Gasteiger partial charge in [0.1, 0.15) is 0 Å². The summed E-state index contributed by atoms with van der Waals surface area (Å²) in [4.78, 5) is 4.61. The number of rotatable bonds is 2. The van der Waals surface area contributed by atoms with Crippen molar-refractivity contribution in [2.24, 2.45) is 0 Å². The van der Waals surface area contributed by atoms with Crippen LogP contribution in [0.5, 0.6) is 0 Å². The molecular weight excluding hydrogens is 242 g/mol. The minimum absolute atomic E-state index is 1.02. The first-order valence-corrected chi connectivity index (χ1v) is 6.83. The predicted octanol–water partition coefficient (Wildman–Crippen LogP) is 5.03. The van der Waals surface area contributed by atoms with Gasteiger partial charge >= 0.3 is 0 Å². The predicted molar refractivity (Wildman–Crippen MR) is 84.6 cm³/mol. The Morgan fingerprint density at radius 3 is 2.30 bits per heavy atom. The molecule has 0 radical (unpaired) electrons. The Labute approximate surface area is 119 Å². The lowest BCUT2D eigenvalue weighted by Crippen LogP contribution is -1.87. The molecule has 98 valence electrons. The summed E-state index contributed by atoms with van der Waals surface area (Å²) < 4.78 is 0. The van der Waals surface area contributed by atoms with Crippen LogP contribution in [0.4, 0.5) is 0 Å². The van der Waals surface area contributed by atoms with E-state index in [2.05, 4.69) is 79.5 Å². The maximum atomic E-state index is 4.61. The summed E-state index contributed by atoms with van der Waals surface area (Å²) in [6.45, 7) is 4.23. The molecule has 0 aliphatic heterocycles. The average molecular weight is 259 g/mol. The minimum atomic E-state index is 1.02. The van der Waals surface area contributed by atoms with Crippen LogP contribution in [-0.4, -0.2) is 4.98 Å². The summed E-state index contributed by atoms with van der Waals surface area (Å²) >= 11 is 0.